The number of rotatable bonds is 7. The van der Waals surface area contributed by atoms with Crippen molar-refractivity contribution in [2.24, 2.45) is 5.92 Å². The number of carbonyl (C=O) groups excluding carboxylic acids is 2. The molecule has 3 aliphatic rings. The summed E-state index contributed by atoms with van der Waals surface area (Å²) < 4.78 is 5.67. The number of alkyl carbamates (subject to hydrolysis) is 1. The SMILES string of the molecule is CC(C)C[C@@H](NC(=O)OCC1c2ccccc2-c2ccccc21)C(=O)N1C2CCC1(C(=O)O)CC2. The number of aliphatic carboxylic acids is 1. The van der Waals surface area contributed by atoms with E-state index < -0.39 is 23.6 Å². The maximum Gasteiger partial charge on any atom is 0.407 e. The van der Waals surface area contributed by atoms with Gasteiger partial charge in [-0.1, -0.05) is 62.4 Å². The highest BCUT2D eigenvalue weighted by molar-refractivity contribution is 5.93. The van der Waals surface area contributed by atoms with Crippen LogP contribution in [-0.2, 0) is 14.3 Å². The molecule has 0 radical (unpaired) electrons. The fourth-order valence-corrected chi connectivity index (χ4v) is 6.28. The van der Waals surface area contributed by atoms with E-state index in [1.54, 1.807) is 4.90 Å². The van der Waals surface area contributed by atoms with Gasteiger partial charge in [0.2, 0.25) is 5.91 Å². The van der Waals surface area contributed by atoms with Crippen molar-refractivity contribution in [3.63, 3.8) is 0 Å². The molecule has 1 aliphatic carbocycles. The van der Waals surface area contributed by atoms with Gasteiger partial charge in [0.1, 0.15) is 18.2 Å². The number of fused-ring (bicyclic) bond motifs is 5. The number of hydrogen-bond acceptors (Lipinski definition) is 4. The average Bonchev–Trinajstić information content (AvgIpc) is 3.50. The van der Waals surface area contributed by atoms with Crippen LogP contribution in [0.2, 0.25) is 0 Å². The second-order valence-corrected chi connectivity index (χ2v) is 10.4. The van der Waals surface area contributed by atoms with E-state index in [9.17, 15) is 19.5 Å². The zero-order valence-electron chi connectivity index (χ0n) is 20.2. The molecule has 7 heteroatoms. The standard InChI is InChI=1S/C28H32N2O5/c1-17(2)15-24(25(31)30-18-11-13-28(30,14-12-18)26(32)33)29-27(34)35-16-23-21-9-5-3-7-19(21)20-8-4-6-10-22(20)23/h3-10,17-18,23-24H,11-16H2,1-2H3,(H,29,34)(H,32,33)/t18?,24-,28?/m1/s1. The molecule has 2 aliphatic heterocycles. The third kappa shape index (κ3) is 3.97. The first kappa shape index (κ1) is 23.4. The number of amides is 2. The van der Waals surface area contributed by atoms with Crippen molar-refractivity contribution in [1.29, 1.82) is 0 Å². The third-order valence-corrected chi connectivity index (χ3v) is 7.89. The molecular weight excluding hydrogens is 444 g/mol. The molecule has 7 nitrogen and oxygen atoms in total. The predicted octanol–water partition coefficient (Wildman–Crippen LogP) is 4.55. The third-order valence-electron chi connectivity index (χ3n) is 7.89. The lowest BCUT2D eigenvalue weighted by atomic mass is 9.88. The highest BCUT2D eigenvalue weighted by Gasteiger charge is 2.59. The highest BCUT2D eigenvalue weighted by atomic mass is 16.5. The Kier molecular flexibility index (Phi) is 6.03. The lowest BCUT2D eigenvalue weighted by Crippen LogP contribution is -2.57. The summed E-state index contributed by atoms with van der Waals surface area (Å²) in [6, 6.07) is 15.4. The van der Waals surface area contributed by atoms with E-state index in [2.05, 4.69) is 29.6 Å². The van der Waals surface area contributed by atoms with E-state index in [0.717, 1.165) is 22.3 Å². The topological polar surface area (TPSA) is 95.9 Å². The smallest absolute Gasteiger partial charge is 0.407 e. The van der Waals surface area contributed by atoms with E-state index in [-0.39, 0.29) is 30.4 Å². The fourth-order valence-electron chi connectivity index (χ4n) is 6.28. The van der Waals surface area contributed by atoms with Gasteiger partial charge in [0.05, 0.1) is 0 Å². The van der Waals surface area contributed by atoms with Crippen LogP contribution in [0.3, 0.4) is 0 Å². The Hall–Kier alpha value is -3.35. The van der Waals surface area contributed by atoms with Crippen molar-refractivity contribution in [3.8, 4) is 11.1 Å². The molecule has 2 aromatic carbocycles. The normalized spacial score (nSPS) is 23.2. The lowest BCUT2D eigenvalue weighted by Gasteiger charge is -2.34. The summed E-state index contributed by atoms with van der Waals surface area (Å²) >= 11 is 0. The summed E-state index contributed by atoms with van der Waals surface area (Å²) in [5, 5.41) is 12.7. The first-order chi connectivity index (χ1) is 16.8. The van der Waals surface area contributed by atoms with E-state index in [1.807, 2.05) is 38.1 Å². The molecule has 184 valence electrons. The number of carboxylic acids is 1. The summed E-state index contributed by atoms with van der Waals surface area (Å²) in [6.07, 6.45) is 2.09. The molecule has 5 rings (SSSR count). The van der Waals surface area contributed by atoms with Crippen molar-refractivity contribution in [1.82, 2.24) is 10.2 Å². The van der Waals surface area contributed by atoms with Crippen LogP contribution in [-0.4, -0.2) is 52.2 Å². The molecule has 2 saturated heterocycles. The van der Waals surface area contributed by atoms with Gasteiger partial charge in [-0.05, 0) is 60.3 Å². The lowest BCUT2D eigenvalue weighted by molar-refractivity contribution is -0.156. The number of hydrogen-bond donors (Lipinski definition) is 2. The van der Waals surface area contributed by atoms with Crippen LogP contribution in [0.1, 0.15) is 63.0 Å². The Morgan fingerprint density at radius 1 is 1.03 bits per heavy atom. The molecule has 2 bridgehead atoms. The first-order valence-electron chi connectivity index (χ1n) is 12.5. The molecule has 2 N–H and O–H groups in total. The van der Waals surface area contributed by atoms with Crippen LogP contribution in [0.4, 0.5) is 4.79 Å². The van der Waals surface area contributed by atoms with Gasteiger partial charge in [0, 0.05) is 12.0 Å². The van der Waals surface area contributed by atoms with Gasteiger partial charge in [0.15, 0.2) is 0 Å². The average molecular weight is 477 g/mol. The van der Waals surface area contributed by atoms with E-state index in [4.69, 9.17) is 4.74 Å². The van der Waals surface area contributed by atoms with Gasteiger partial charge in [-0.2, -0.15) is 0 Å². The maximum atomic E-state index is 13.6. The van der Waals surface area contributed by atoms with Gasteiger partial charge in [-0.3, -0.25) is 4.79 Å². The Morgan fingerprint density at radius 2 is 1.60 bits per heavy atom. The van der Waals surface area contributed by atoms with E-state index in [1.165, 1.54) is 0 Å². The van der Waals surface area contributed by atoms with Crippen LogP contribution in [0, 0.1) is 5.92 Å². The molecule has 0 spiro atoms. The summed E-state index contributed by atoms with van der Waals surface area (Å²) in [7, 11) is 0. The van der Waals surface area contributed by atoms with Crippen molar-refractivity contribution < 1.29 is 24.2 Å². The number of benzene rings is 2. The largest absolute Gasteiger partial charge is 0.479 e. The minimum Gasteiger partial charge on any atom is -0.479 e. The summed E-state index contributed by atoms with van der Waals surface area (Å²) in [5.41, 5.74) is 3.39. The molecule has 2 aromatic rings. The van der Waals surface area contributed by atoms with Crippen LogP contribution < -0.4 is 5.32 Å². The Labute approximate surface area is 205 Å². The number of ether oxygens (including phenoxy) is 1. The molecule has 2 fully saturated rings. The molecule has 0 aromatic heterocycles. The second-order valence-electron chi connectivity index (χ2n) is 10.4. The molecule has 2 heterocycles. The Morgan fingerprint density at radius 3 is 2.14 bits per heavy atom. The van der Waals surface area contributed by atoms with Crippen LogP contribution >= 0.6 is 0 Å². The summed E-state index contributed by atoms with van der Waals surface area (Å²) in [6.45, 7) is 4.12. The fraction of sp³-hybridized carbons (Fsp3) is 0.464. The zero-order chi connectivity index (χ0) is 24.7. The molecule has 0 unspecified atom stereocenters. The van der Waals surface area contributed by atoms with Crippen molar-refractivity contribution in [2.75, 3.05) is 6.61 Å². The minimum absolute atomic E-state index is 0.0717. The molecule has 0 saturated carbocycles. The summed E-state index contributed by atoms with van der Waals surface area (Å²) in [5.74, 6) is -1.19. The van der Waals surface area contributed by atoms with E-state index in [0.29, 0.717) is 32.1 Å². The van der Waals surface area contributed by atoms with Gasteiger partial charge < -0.3 is 20.1 Å². The quantitative estimate of drug-likeness (QED) is 0.611. The minimum atomic E-state index is -1.14. The zero-order valence-corrected chi connectivity index (χ0v) is 20.2. The van der Waals surface area contributed by atoms with Gasteiger partial charge in [-0.15, -0.1) is 0 Å². The highest BCUT2D eigenvalue weighted by Crippen LogP contribution is 2.47. The van der Waals surface area contributed by atoms with Crippen molar-refractivity contribution in [3.05, 3.63) is 59.7 Å². The van der Waals surface area contributed by atoms with Crippen LogP contribution in [0.25, 0.3) is 11.1 Å². The number of nitrogens with one attached hydrogen (secondary N) is 1. The van der Waals surface area contributed by atoms with Crippen molar-refractivity contribution >= 4 is 18.0 Å². The number of nitrogens with zero attached hydrogens (tertiary/aromatic N) is 1. The number of carboxylic acid groups (broad SMARTS) is 1. The second kappa shape index (κ2) is 9.02. The Balaban J connectivity index is 1.30. The van der Waals surface area contributed by atoms with Crippen molar-refractivity contribution in [2.45, 2.75) is 69.5 Å². The van der Waals surface area contributed by atoms with Crippen LogP contribution in [0.5, 0.6) is 0 Å². The molecular formula is C28H32N2O5. The molecule has 2 amide bonds. The van der Waals surface area contributed by atoms with Crippen LogP contribution in [0.15, 0.2) is 48.5 Å². The summed E-state index contributed by atoms with van der Waals surface area (Å²) in [4.78, 5) is 40.1. The van der Waals surface area contributed by atoms with Gasteiger partial charge in [-0.25, -0.2) is 9.59 Å². The number of carbonyl (C=O) groups is 3. The molecule has 35 heavy (non-hydrogen) atoms. The van der Waals surface area contributed by atoms with Gasteiger partial charge >= 0.3 is 12.1 Å². The maximum absolute atomic E-state index is 13.6. The first-order valence-corrected chi connectivity index (χ1v) is 12.5. The van der Waals surface area contributed by atoms with Gasteiger partial charge in [0.25, 0.3) is 0 Å². The monoisotopic (exact) mass is 476 g/mol. The predicted molar refractivity (Wildman–Crippen MR) is 131 cm³/mol. The molecule has 1 atom stereocenters. The van der Waals surface area contributed by atoms with E-state index >= 15 is 0 Å². The Bertz CT molecular complexity index is 1110.